The minimum absolute atomic E-state index is 0.138. The molecule has 3 N–H and O–H groups in total. The lowest BCUT2D eigenvalue weighted by Gasteiger charge is -2.29. The zero-order valence-corrected chi connectivity index (χ0v) is 22.1. The van der Waals surface area contributed by atoms with Gasteiger partial charge in [0.15, 0.2) is 0 Å². The smallest absolute Gasteiger partial charge is 0.408 e. The molecule has 11 heteroatoms. The van der Waals surface area contributed by atoms with Crippen LogP contribution in [0.5, 0.6) is 0 Å². The number of hydrogen-bond donors (Lipinski definition) is 3. The highest BCUT2D eigenvalue weighted by atomic mass is 35.5. The Morgan fingerprint density at radius 2 is 1.84 bits per heavy atom. The highest BCUT2D eigenvalue weighted by Gasteiger charge is 2.39. The number of rotatable bonds is 6. The molecule has 38 heavy (non-hydrogen) atoms. The van der Waals surface area contributed by atoms with E-state index in [4.69, 9.17) is 16.3 Å². The highest BCUT2D eigenvalue weighted by Crippen LogP contribution is 2.28. The Bertz CT molecular complexity index is 1290. The average Bonchev–Trinajstić information content (AvgIpc) is 3.16. The summed E-state index contributed by atoms with van der Waals surface area (Å²) in [6.45, 7) is 5.55. The molecule has 0 aromatic heterocycles. The van der Waals surface area contributed by atoms with Gasteiger partial charge in [-0.25, -0.2) is 4.79 Å². The van der Waals surface area contributed by atoms with Gasteiger partial charge in [-0.05, 0) is 62.1 Å². The van der Waals surface area contributed by atoms with Gasteiger partial charge in [0.1, 0.15) is 17.7 Å². The fourth-order valence-electron chi connectivity index (χ4n) is 4.41. The Kier molecular flexibility index (Phi) is 7.73. The molecule has 200 valence electrons. The van der Waals surface area contributed by atoms with Crippen LogP contribution in [0.25, 0.3) is 0 Å². The van der Waals surface area contributed by atoms with Crippen LogP contribution in [-0.2, 0) is 32.2 Å². The second-order valence-corrected chi connectivity index (χ2v) is 10.7. The predicted octanol–water partition coefficient (Wildman–Crippen LogP) is 2.98. The number of hydrogen-bond acceptors (Lipinski definition) is 6. The number of carbonyl (C=O) groups excluding carboxylic acids is 5. The van der Waals surface area contributed by atoms with E-state index < -0.39 is 35.6 Å². The molecule has 2 heterocycles. The van der Waals surface area contributed by atoms with Crippen LogP contribution in [0.3, 0.4) is 0 Å². The van der Waals surface area contributed by atoms with E-state index in [-0.39, 0.29) is 37.7 Å². The molecule has 1 saturated heterocycles. The second kappa shape index (κ2) is 10.8. The van der Waals surface area contributed by atoms with Crippen molar-refractivity contribution in [3.8, 4) is 0 Å². The number of nitrogens with one attached hydrogen (secondary N) is 3. The van der Waals surface area contributed by atoms with Crippen LogP contribution in [0.15, 0.2) is 42.5 Å². The molecule has 2 aliphatic rings. The summed E-state index contributed by atoms with van der Waals surface area (Å²) in [6.07, 6.45) is -0.276. The van der Waals surface area contributed by atoms with Gasteiger partial charge in [-0.1, -0.05) is 35.9 Å². The van der Waals surface area contributed by atoms with E-state index in [1.807, 2.05) is 0 Å². The first-order valence-electron chi connectivity index (χ1n) is 12.2. The number of halogens is 1. The lowest BCUT2D eigenvalue weighted by Crippen LogP contribution is -2.52. The summed E-state index contributed by atoms with van der Waals surface area (Å²) in [5.41, 5.74) is 1.73. The summed E-state index contributed by atoms with van der Waals surface area (Å²) >= 11 is 5.98. The molecule has 2 aromatic rings. The van der Waals surface area contributed by atoms with Gasteiger partial charge in [0.25, 0.3) is 5.91 Å². The van der Waals surface area contributed by atoms with Gasteiger partial charge in [-0.15, -0.1) is 0 Å². The number of benzene rings is 2. The molecule has 2 aromatic carbocycles. The summed E-state index contributed by atoms with van der Waals surface area (Å²) in [6, 6.07) is 10.0. The zero-order valence-electron chi connectivity index (χ0n) is 21.3. The van der Waals surface area contributed by atoms with E-state index in [0.717, 1.165) is 11.1 Å². The van der Waals surface area contributed by atoms with Gasteiger partial charge in [0, 0.05) is 30.1 Å². The summed E-state index contributed by atoms with van der Waals surface area (Å²) in [5.74, 6) is -1.54. The number of piperidine rings is 1. The first-order valence-corrected chi connectivity index (χ1v) is 12.6. The lowest BCUT2D eigenvalue weighted by molar-refractivity contribution is -0.137. The largest absolute Gasteiger partial charge is 0.444 e. The third-order valence-corrected chi connectivity index (χ3v) is 6.43. The van der Waals surface area contributed by atoms with E-state index in [9.17, 15) is 24.0 Å². The monoisotopic (exact) mass is 540 g/mol. The van der Waals surface area contributed by atoms with Crippen LogP contribution in [0.4, 0.5) is 4.79 Å². The van der Waals surface area contributed by atoms with E-state index in [1.54, 1.807) is 63.2 Å². The molecule has 2 aliphatic heterocycles. The van der Waals surface area contributed by atoms with Crippen molar-refractivity contribution >= 4 is 41.3 Å². The van der Waals surface area contributed by atoms with Crippen molar-refractivity contribution in [3.63, 3.8) is 0 Å². The number of nitrogens with zero attached hydrogens (tertiary/aromatic N) is 1. The first kappa shape index (κ1) is 27.1. The Morgan fingerprint density at radius 1 is 1.13 bits per heavy atom. The highest BCUT2D eigenvalue weighted by molar-refractivity contribution is 6.30. The van der Waals surface area contributed by atoms with E-state index >= 15 is 0 Å². The Labute approximate surface area is 225 Å². The summed E-state index contributed by atoms with van der Waals surface area (Å²) in [5, 5.41) is 8.21. The molecule has 2 unspecified atom stereocenters. The molecule has 0 bridgehead atoms. The van der Waals surface area contributed by atoms with Crippen molar-refractivity contribution < 1.29 is 28.7 Å². The van der Waals surface area contributed by atoms with Crippen LogP contribution < -0.4 is 16.0 Å². The van der Waals surface area contributed by atoms with E-state index in [2.05, 4.69) is 16.0 Å². The Balaban J connectivity index is 1.44. The Morgan fingerprint density at radius 3 is 2.50 bits per heavy atom. The fraction of sp³-hybridized carbons (Fsp3) is 0.370. The minimum atomic E-state index is -1.03. The summed E-state index contributed by atoms with van der Waals surface area (Å²) in [4.78, 5) is 63.7. The van der Waals surface area contributed by atoms with Gasteiger partial charge in [0.2, 0.25) is 17.7 Å². The molecule has 10 nitrogen and oxygen atoms in total. The number of ether oxygens (including phenoxy) is 1. The van der Waals surface area contributed by atoms with Crippen molar-refractivity contribution in [2.75, 3.05) is 0 Å². The fourth-order valence-corrected chi connectivity index (χ4v) is 4.54. The molecular formula is C27H29ClN4O6. The molecule has 0 aliphatic carbocycles. The van der Waals surface area contributed by atoms with E-state index in [1.165, 1.54) is 4.90 Å². The molecule has 0 saturated carbocycles. The van der Waals surface area contributed by atoms with Crippen LogP contribution in [0, 0.1) is 0 Å². The van der Waals surface area contributed by atoms with Crippen LogP contribution in [0.2, 0.25) is 5.02 Å². The standard InChI is InChI=1S/C27H29ClN4O6/c1-27(2,3)38-26(37)31-22(16-5-7-18(28)8-6-16)24(35)29-13-15-4-9-19-17(12-15)14-32(25(19)36)20-10-11-21(33)30-23(20)34/h4-9,12,20,22H,10-11,13-14H2,1-3H3,(H,29,35)(H,31,37)(H,30,33,34). The van der Waals surface area contributed by atoms with Crippen molar-refractivity contribution in [1.82, 2.24) is 20.9 Å². The zero-order chi connectivity index (χ0) is 27.6. The number of imide groups is 1. The summed E-state index contributed by atoms with van der Waals surface area (Å²) in [7, 11) is 0. The SMILES string of the molecule is CC(C)(C)OC(=O)NC(C(=O)NCc1ccc2c(c1)CN(C1CCC(=O)NC1=O)C2=O)c1ccc(Cl)cc1. The molecule has 0 spiro atoms. The first-order chi connectivity index (χ1) is 17.9. The van der Waals surface area contributed by atoms with Crippen molar-refractivity contribution in [3.05, 3.63) is 69.7 Å². The van der Waals surface area contributed by atoms with Gasteiger partial charge < -0.3 is 20.3 Å². The molecule has 2 atom stereocenters. The number of alkyl carbamates (subject to hydrolysis) is 1. The third-order valence-electron chi connectivity index (χ3n) is 6.18. The normalized spacial score (nSPS) is 17.9. The van der Waals surface area contributed by atoms with Crippen LogP contribution in [0.1, 0.15) is 66.7 Å². The maximum Gasteiger partial charge on any atom is 0.408 e. The van der Waals surface area contributed by atoms with Crippen molar-refractivity contribution in [1.29, 1.82) is 0 Å². The molecule has 5 amide bonds. The van der Waals surface area contributed by atoms with Gasteiger partial charge >= 0.3 is 6.09 Å². The predicted molar refractivity (Wildman–Crippen MR) is 138 cm³/mol. The minimum Gasteiger partial charge on any atom is -0.444 e. The topological polar surface area (TPSA) is 134 Å². The maximum atomic E-state index is 13.2. The number of amides is 5. The average molecular weight is 541 g/mol. The molecule has 1 fully saturated rings. The Hall–Kier alpha value is -3.92. The second-order valence-electron chi connectivity index (χ2n) is 10.2. The van der Waals surface area contributed by atoms with Gasteiger partial charge in [-0.3, -0.25) is 24.5 Å². The van der Waals surface area contributed by atoms with Crippen LogP contribution >= 0.6 is 11.6 Å². The van der Waals surface area contributed by atoms with Gasteiger partial charge in [0.05, 0.1) is 0 Å². The summed E-state index contributed by atoms with van der Waals surface area (Å²) < 4.78 is 5.32. The number of carbonyl (C=O) groups is 5. The van der Waals surface area contributed by atoms with Crippen molar-refractivity contribution in [2.45, 2.75) is 64.4 Å². The molecular weight excluding hydrogens is 512 g/mol. The van der Waals surface area contributed by atoms with Crippen LogP contribution in [-0.4, -0.2) is 46.3 Å². The van der Waals surface area contributed by atoms with E-state index in [0.29, 0.717) is 16.1 Å². The molecule has 0 radical (unpaired) electrons. The molecule has 4 rings (SSSR count). The third kappa shape index (κ3) is 6.31. The van der Waals surface area contributed by atoms with Crippen molar-refractivity contribution in [2.24, 2.45) is 0 Å². The quantitative estimate of drug-likeness (QED) is 0.482. The lowest BCUT2D eigenvalue weighted by atomic mass is 10.0. The maximum absolute atomic E-state index is 13.2. The van der Waals surface area contributed by atoms with Gasteiger partial charge in [-0.2, -0.15) is 0 Å². The number of fused-ring (bicyclic) bond motifs is 1.